The lowest BCUT2D eigenvalue weighted by Crippen LogP contribution is -2.32. The summed E-state index contributed by atoms with van der Waals surface area (Å²) >= 11 is 3.44. The summed E-state index contributed by atoms with van der Waals surface area (Å²) in [6.07, 6.45) is 3.57. The first kappa shape index (κ1) is 16.3. The molecule has 5 nitrogen and oxygen atoms in total. The lowest BCUT2D eigenvalue weighted by Gasteiger charge is -2.23. The van der Waals surface area contributed by atoms with Gasteiger partial charge in [0.2, 0.25) is 5.91 Å². The molecule has 0 bridgehead atoms. The Balaban J connectivity index is 1.67. The van der Waals surface area contributed by atoms with Crippen molar-refractivity contribution in [3.63, 3.8) is 0 Å². The summed E-state index contributed by atoms with van der Waals surface area (Å²) < 4.78 is 6.69. The number of anilines is 1. The fraction of sp³-hybridized carbons (Fsp3) is 0.533. The van der Waals surface area contributed by atoms with Crippen molar-refractivity contribution >= 4 is 27.5 Å². The van der Waals surface area contributed by atoms with Crippen molar-refractivity contribution in [3.05, 3.63) is 28.2 Å². The molecule has 1 aromatic carbocycles. The van der Waals surface area contributed by atoms with Crippen LogP contribution in [0, 0.1) is 0 Å². The molecule has 1 aromatic rings. The Labute approximate surface area is 133 Å². The minimum atomic E-state index is -0.419. The zero-order valence-corrected chi connectivity index (χ0v) is 13.6. The molecule has 1 heterocycles. The van der Waals surface area contributed by atoms with Gasteiger partial charge in [0.15, 0.2) is 0 Å². The molecule has 1 fully saturated rings. The van der Waals surface area contributed by atoms with E-state index in [1.54, 1.807) is 12.1 Å². The summed E-state index contributed by atoms with van der Waals surface area (Å²) in [6.45, 7) is 3.72. The predicted octanol–water partition coefficient (Wildman–Crippen LogP) is 2.12. The highest BCUT2D eigenvalue weighted by Gasteiger charge is 2.12. The minimum absolute atomic E-state index is 0.410. The fourth-order valence-electron chi connectivity index (χ4n) is 2.32. The second kappa shape index (κ2) is 8.36. The van der Waals surface area contributed by atoms with Gasteiger partial charge in [-0.1, -0.05) is 0 Å². The minimum Gasteiger partial charge on any atom is -0.384 e. The third-order valence-electron chi connectivity index (χ3n) is 3.53. The molecule has 0 saturated carbocycles. The molecule has 0 radical (unpaired) electrons. The number of hydrogen-bond acceptors (Lipinski definition) is 4. The van der Waals surface area contributed by atoms with E-state index in [0.717, 1.165) is 55.7 Å². The summed E-state index contributed by atoms with van der Waals surface area (Å²) in [6, 6.07) is 5.31. The molecule has 21 heavy (non-hydrogen) atoms. The zero-order valence-electron chi connectivity index (χ0n) is 12.0. The highest BCUT2D eigenvalue weighted by Crippen LogP contribution is 2.23. The van der Waals surface area contributed by atoms with E-state index in [9.17, 15) is 4.79 Å². The molecule has 0 aliphatic carbocycles. The molecule has 2 rings (SSSR count). The molecule has 1 aliphatic rings. The summed E-state index contributed by atoms with van der Waals surface area (Å²) in [5, 5.41) is 6.65. The molecule has 6 heteroatoms. The van der Waals surface area contributed by atoms with Gasteiger partial charge in [0.05, 0.1) is 6.10 Å². The molecule has 1 amide bonds. The van der Waals surface area contributed by atoms with Crippen LogP contribution in [0.25, 0.3) is 0 Å². The van der Waals surface area contributed by atoms with E-state index in [0.29, 0.717) is 11.7 Å². The van der Waals surface area contributed by atoms with Crippen molar-refractivity contribution in [2.24, 2.45) is 5.73 Å². The van der Waals surface area contributed by atoms with Gasteiger partial charge < -0.3 is 21.1 Å². The second-order valence-electron chi connectivity index (χ2n) is 5.16. The number of nitrogens with one attached hydrogen (secondary N) is 2. The van der Waals surface area contributed by atoms with Gasteiger partial charge in [0.25, 0.3) is 0 Å². The standard InChI is InChI=1S/C15H22BrN3O2/c16-13-10-11(15(17)20)2-3-14(13)19-6-1-9-21-12-4-7-18-8-5-12/h2-3,10,12,18-19H,1,4-9H2,(H2,17,20). The van der Waals surface area contributed by atoms with Crippen molar-refractivity contribution < 1.29 is 9.53 Å². The number of rotatable bonds is 7. The van der Waals surface area contributed by atoms with Crippen molar-refractivity contribution in [3.8, 4) is 0 Å². The summed E-state index contributed by atoms with van der Waals surface area (Å²) in [5.41, 5.74) is 6.70. The Morgan fingerprint density at radius 3 is 2.86 bits per heavy atom. The molecule has 0 unspecified atom stereocenters. The van der Waals surface area contributed by atoms with E-state index < -0.39 is 5.91 Å². The average molecular weight is 356 g/mol. The highest BCUT2D eigenvalue weighted by molar-refractivity contribution is 9.10. The summed E-state index contributed by atoms with van der Waals surface area (Å²) in [5.74, 6) is -0.419. The van der Waals surface area contributed by atoms with Crippen LogP contribution in [0.15, 0.2) is 22.7 Å². The average Bonchev–Trinajstić information content (AvgIpc) is 2.49. The molecule has 1 saturated heterocycles. The number of benzene rings is 1. The third kappa shape index (κ3) is 5.30. The Morgan fingerprint density at radius 2 is 2.19 bits per heavy atom. The van der Waals surface area contributed by atoms with Gasteiger partial charge in [-0.05, 0) is 66.5 Å². The van der Waals surface area contributed by atoms with Crippen molar-refractivity contribution in [2.75, 3.05) is 31.6 Å². The van der Waals surface area contributed by atoms with Crippen LogP contribution in [-0.4, -0.2) is 38.3 Å². The molecule has 116 valence electrons. The molecular formula is C15H22BrN3O2. The quantitative estimate of drug-likeness (QED) is 0.654. The second-order valence-corrected chi connectivity index (χ2v) is 6.01. The Kier molecular flexibility index (Phi) is 6.48. The molecule has 0 spiro atoms. The van der Waals surface area contributed by atoms with Crippen LogP contribution in [0.5, 0.6) is 0 Å². The van der Waals surface area contributed by atoms with Gasteiger partial charge in [0, 0.05) is 28.9 Å². The maximum Gasteiger partial charge on any atom is 0.248 e. The van der Waals surface area contributed by atoms with E-state index in [1.165, 1.54) is 0 Å². The van der Waals surface area contributed by atoms with E-state index in [2.05, 4.69) is 26.6 Å². The van der Waals surface area contributed by atoms with E-state index >= 15 is 0 Å². The van der Waals surface area contributed by atoms with Gasteiger partial charge in [-0.3, -0.25) is 4.79 Å². The van der Waals surface area contributed by atoms with Gasteiger partial charge in [-0.25, -0.2) is 0 Å². The molecule has 0 atom stereocenters. The lowest BCUT2D eigenvalue weighted by molar-refractivity contribution is 0.0329. The Bertz CT molecular complexity index is 476. The number of amides is 1. The maximum absolute atomic E-state index is 11.1. The van der Waals surface area contributed by atoms with Crippen LogP contribution in [0.1, 0.15) is 29.6 Å². The van der Waals surface area contributed by atoms with E-state index in [1.807, 2.05) is 6.07 Å². The summed E-state index contributed by atoms with van der Waals surface area (Å²) in [4.78, 5) is 11.1. The zero-order chi connectivity index (χ0) is 15.1. The van der Waals surface area contributed by atoms with Gasteiger partial charge >= 0.3 is 0 Å². The Morgan fingerprint density at radius 1 is 1.43 bits per heavy atom. The van der Waals surface area contributed by atoms with E-state index in [4.69, 9.17) is 10.5 Å². The maximum atomic E-state index is 11.1. The van der Waals surface area contributed by atoms with E-state index in [-0.39, 0.29) is 0 Å². The van der Waals surface area contributed by atoms with Crippen LogP contribution in [0.4, 0.5) is 5.69 Å². The van der Waals surface area contributed by atoms with Gasteiger partial charge in [0.1, 0.15) is 0 Å². The topological polar surface area (TPSA) is 76.4 Å². The first-order valence-corrected chi connectivity index (χ1v) is 8.11. The normalized spacial score (nSPS) is 15.9. The number of ether oxygens (including phenoxy) is 1. The van der Waals surface area contributed by atoms with Crippen LogP contribution in [-0.2, 0) is 4.74 Å². The highest BCUT2D eigenvalue weighted by atomic mass is 79.9. The molecule has 1 aliphatic heterocycles. The molecule has 0 aromatic heterocycles. The smallest absolute Gasteiger partial charge is 0.248 e. The monoisotopic (exact) mass is 355 g/mol. The Hall–Kier alpha value is -1.11. The predicted molar refractivity (Wildman–Crippen MR) is 87.6 cm³/mol. The third-order valence-corrected chi connectivity index (χ3v) is 4.19. The van der Waals surface area contributed by atoms with Gasteiger partial charge in [-0.2, -0.15) is 0 Å². The number of carbonyl (C=O) groups excluding carboxylic acids is 1. The molecular weight excluding hydrogens is 334 g/mol. The van der Waals surface area contributed by atoms with Crippen molar-refractivity contribution in [1.82, 2.24) is 5.32 Å². The van der Waals surface area contributed by atoms with Crippen molar-refractivity contribution in [2.45, 2.75) is 25.4 Å². The first-order chi connectivity index (χ1) is 10.2. The number of nitrogens with two attached hydrogens (primary N) is 1. The van der Waals surface area contributed by atoms with Crippen LogP contribution < -0.4 is 16.4 Å². The van der Waals surface area contributed by atoms with Crippen LogP contribution >= 0.6 is 15.9 Å². The van der Waals surface area contributed by atoms with Gasteiger partial charge in [-0.15, -0.1) is 0 Å². The summed E-state index contributed by atoms with van der Waals surface area (Å²) in [7, 11) is 0. The number of hydrogen-bond donors (Lipinski definition) is 3. The number of primary amides is 1. The van der Waals surface area contributed by atoms with Crippen LogP contribution in [0.2, 0.25) is 0 Å². The first-order valence-electron chi connectivity index (χ1n) is 7.32. The largest absolute Gasteiger partial charge is 0.384 e. The van der Waals surface area contributed by atoms with Crippen molar-refractivity contribution in [1.29, 1.82) is 0 Å². The molecule has 4 N–H and O–H groups in total. The number of halogens is 1. The lowest BCUT2D eigenvalue weighted by atomic mass is 10.1. The van der Waals surface area contributed by atoms with Crippen LogP contribution in [0.3, 0.4) is 0 Å². The SMILES string of the molecule is NC(=O)c1ccc(NCCCOC2CCNCC2)c(Br)c1. The number of piperidine rings is 1. The number of carbonyl (C=O) groups is 1. The fourth-order valence-corrected chi connectivity index (χ4v) is 2.84.